The van der Waals surface area contributed by atoms with Crippen molar-refractivity contribution in [1.29, 1.82) is 10.5 Å². The minimum atomic E-state index is -3.72. The summed E-state index contributed by atoms with van der Waals surface area (Å²) in [5.74, 6) is -0.648. The van der Waals surface area contributed by atoms with Crippen LogP contribution in [0.3, 0.4) is 0 Å². The smallest absolute Gasteiger partial charge is 0.211 e. The summed E-state index contributed by atoms with van der Waals surface area (Å²) in [5, 5.41) is 16.7. The molecular formula is C7H5N3O2S2. The van der Waals surface area contributed by atoms with Crippen molar-refractivity contribution in [3.8, 4) is 12.1 Å². The Morgan fingerprint density at radius 1 is 1.50 bits per heavy atom. The first-order valence-corrected chi connectivity index (χ1v) is 5.91. The average molecular weight is 227 g/mol. The van der Waals surface area contributed by atoms with Crippen molar-refractivity contribution in [3.05, 3.63) is 10.4 Å². The van der Waals surface area contributed by atoms with Crippen molar-refractivity contribution in [3.63, 3.8) is 0 Å². The van der Waals surface area contributed by atoms with Crippen LogP contribution in [0.2, 0.25) is 0 Å². The third-order valence-electron chi connectivity index (χ3n) is 1.49. The zero-order valence-electron chi connectivity index (χ0n) is 7.18. The van der Waals surface area contributed by atoms with Gasteiger partial charge in [0.05, 0.1) is 6.07 Å². The Hall–Kier alpha value is -1.44. The normalized spacial score (nSPS) is 10.5. The second-order valence-electron chi connectivity index (χ2n) is 2.45. The maximum atomic E-state index is 11.4. The molecular weight excluding hydrogens is 222 g/mol. The molecule has 7 heteroatoms. The molecule has 0 aromatic carbocycles. The van der Waals surface area contributed by atoms with Gasteiger partial charge in [-0.2, -0.15) is 14.9 Å². The van der Waals surface area contributed by atoms with Gasteiger partial charge < -0.3 is 0 Å². The highest BCUT2D eigenvalue weighted by Crippen LogP contribution is 2.21. The van der Waals surface area contributed by atoms with Gasteiger partial charge >= 0.3 is 0 Å². The summed E-state index contributed by atoms with van der Waals surface area (Å²) in [7, 11) is -3.72. The Labute approximate surface area is 85.3 Å². The Morgan fingerprint density at radius 3 is 2.64 bits per heavy atom. The van der Waals surface area contributed by atoms with Crippen molar-refractivity contribution >= 4 is 21.4 Å². The Balaban J connectivity index is 3.37. The largest absolute Gasteiger partial charge is 0.221 e. The van der Waals surface area contributed by atoms with Gasteiger partial charge in [-0.3, -0.25) is 0 Å². The van der Waals surface area contributed by atoms with E-state index in [1.54, 1.807) is 13.0 Å². The molecule has 0 fully saturated rings. The fourth-order valence-electron chi connectivity index (χ4n) is 0.844. The molecule has 0 atom stereocenters. The molecule has 0 radical (unpaired) electrons. The van der Waals surface area contributed by atoms with E-state index in [4.69, 9.17) is 10.5 Å². The molecule has 0 bridgehead atoms. The number of hydrogen-bond donors (Lipinski definition) is 0. The van der Waals surface area contributed by atoms with Gasteiger partial charge in [-0.15, -0.1) is 0 Å². The molecule has 0 saturated heterocycles. The van der Waals surface area contributed by atoms with Crippen molar-refractivity contribution in [2.24, 2.45) is 0 Å². The molecule has 14 heavy (non-hydrogen) atoms. The summed E-state index contributed by atoms with van der Waals surface area (Å²) in [6, 6.07) is 3.30. The zero-order valence-corrected chi connectivity index (χ0v) is 8.81. The molecule has 1 aromatic heterocycles. The van der Waals surface area contributed by atoms with Gasteiger partial charge in [0.25, 0.3) is 0 Å². The molecule has 1 aromatic rings. The van der Waals surface area contributed by atoms with E-state index in [1.807, 2.05) is 0 Å². The van der Waals surface area contributed by atoms with Gasteiger partial charge in [0, 0.05) is 4.88 Å². The number of nitriles is 2. The van der Waals surface area contributed by atoms with Crippen LogP contribution in [0.5, 0.6) is 0 Å². The molecule has 0 N–H and O–H groups in total. The Morgan fingerprint density at radius 2 is 2.14 bits per heavy atom. The molecule has 0 unspecified atom stereocenters. The first-order chi connectivity index (χ1) is 6.53. The molecule has 1 rings (SSSR count). The molecule has 1 heterocycles. The predicted octanol–water partition coefficient (Wildman–Crippen LogP) is 0.620. The highest BCUT2D eigenvalue weighted by Gasteiger charge is 2.23. The number of rotatable bonds is 2. The lowest BCUT2D eigenvalue weighted by atomic mass is 10.3. The van der Waals surface area contributed by atoms with Gasteiger partial charge in [0.15, 0.2) is 5.03 Å². The maximum Gasteiger partial charge on any atom is 0.211 e. The van der Waals surface area contributed by atoms with Crippen LogP contribution in [0.1, 0.15) is 10.4 Å². The van der Waals surface area contributed by atoms with Crippen LogP contribution in [0.15, 0.2) is 5.03 Å². The third kappa shape index (κ3) is 1.74. The molecule has 0 amide bonds. The van der Waals surface area contributed by atoms with Gasteiger partial charge in [-0.1, -0.05) is 0 Å². The van der Waals surface area contributed by atoms with Crippen LogP contribution in [0, 0.1) is 29.6 Å². The number of nitrogens with zero attached hydrogens (tertiary/aromatic N) is 3. The standard InChI is InChI=1S/C7H5N3O2S2/c1-5-6(4-9)7(10-13-5)14(11,12)3-2-8/h3H2,1H3. The molecule has 5 nitrogen and oxygen atoms in total. The van der Waals surface area contributed by atoms with Gasteiger partial charge in [-0.05, 0) is 18.5 Å². The van der Waals surface area contributed by atoms with E-state index in [1.165, 1.54) is 6.07 Å². The summed E-state index contributed by atoms with van der Waals surface area (Å²) in [6.45, 7) is 1.61. The molecule has 0 saturated carbocycles. The highest BCUT2D eigenvalue weighted by molar-refractivity contribution is 7.91. The summed E-state index contributed by atoms with van der Waals surface area (Å²) in [6.07, 6.45) is 0. The predicted molar refractivity (Wildman–Crippen MR) is 49.2 cm³/mol. The fourth-order valence-corrected chi connectivity index (χ4v) is 2.84. The minimum absolute atomic E-state index is 0.0465. The third-order valence-corrected chi connectivity index (χ3v) is 3.75. The van der Waals surface area contributed by atoms with Crippen LogP contribution in [-0.2, 0) is 9.84 Å². The first-order valence-electron chi connectivity index (χ1n) is 3.49. The molecule has 0 aliphatic rings. The van der Waals surface area contributed by atoms with Crippen molar-refractivity contribution in [1.82, 2.24) is 4.37 Å². The van der Waals surface area contributed by atoms with E-state index in [2.05, 4.69) is 4.37 Å². The zero-order chi connectivity index (χ0) is 10.8. The SMILES string of the molecule is Cc1snc(S(=O)(=O)CC#N)c1C#N. The molecule has 72 valence electrons. The number of sulfone groups is 1. The fraction of sp³-hybridized carbons (Fsp3) is 0.286. The lowest BCUT2D eigenvalue weighted by Gasteiger charge is -1.93. The van der Waals surface area contributed by atoms with Gasteiger partial charge in [-0.25, -0.2) is 8.42 Å². The van der Waals surface area contributed by atoms with Crippen LogP contribution in [0.4, 0.5) is 0 Å². The van der Waals surface area contributed by atoms with E-state index in [0.717, 1.165) is 11.5 Å². The second kappa shape index (κ2) is 3.74. The maximum absolute atomic E-state index is 11.4. The highest BCUT2D eigenvalue weighted by atomic mass is 32.2. The van der Waals surface area contributed by atoms with E-state index in [-0.39, 0.29) is 10.6 Å². The van der Waals surface area contributed by atoms with Crippen molar-refractivity contribution in [2.75, 3.05) is 5.75 Å². The van der Waals surface area contributed by atoms with Crippen molar-refractivity contribution < 1.29 is 8.42 Å². The second-order valence-corrected chi connectivity index (χ2v) is 5.33. The molecule has 0 aliphatic carbocycles. The van der Waals surface area contributed by atoms with Gasteiger partial charge in [0.1, 0.15) is 17.4 Å². The van der Waals surface area contributed by atoms with Crippen LogP contribution < -0.4 is 0 Å². The summed E-state index contributed by atoms with van der Waals surface area (Å²) < 4.78 is 26.4. The van der Waals surface area contributed by atoms with Crippen LogP contribution in [-0.4, -0.2) is 18.5 Å². The van der Waals surface area contributed by atoms with Crippen LogP contribution >= 0.6 is 11.5 Å². The summed E-state index contributed by atoms with van der Waals surface area (Å²) in [5.41, 5.74) is 0.0465. The number of hydrogen-bond acceptors (Lipinski definition) is 6. The lowest BCUT2D eigenvalue weighted by molar-refractivity contribution is 0.596. The Bertz CT molecular complexity index is 530. The lowest BCUT2D eigenvalue weighted by Crippen LogP contribution is -2.07. The monoisotopic (exact) mass is 227 g/mol. The van der Waals surface area contributed by atoms with E-state index in [9.17, 15) is 8.42 Å². The van der Waals surface area contributed by atoms with E-state index >= 15 is 0 Å². The summed E-state index contributed by atoms with van der Waals surface area (Å²) >= 11 is 0.947. The quantitative estimate of drug-likeness (QED) is 0.738. The average Bonchev–Trinajstić information content (AvgIpc) is 2.47. The van der Waals surface area contributed by atoms with Crippen LogP contribution in [0.25, 0.3) is 0 Å². The first kappa shape index (κ1) is 10.6. The van der Waals surface area contributed by atoms with E-state index in [0.29, 0.717) is 4.88 Å². The Kier molecular flexibility index (Phi) is 2.84. The van der Waals surface area contributed by atoms with E-state index < -0.39 is 15.6 Å². The number of aromatic nitrogens is 1. The topological polar surface area (TPSA) is 94.6 Å². The summed E-state index contributed by atoms with van der Waals surface area (Å²) in [4.78, 5) is 0.545. The molecule has 0 spiro atoms. The van der Waals surface area contributed by atoms with Crippen molar-refractivity contribution in [2.45, 2.75) is 11.9 Å². The minimum Gasteiger partial charge on any atom is -0.221 e. The number of aryl methyl sites for hydroxylation is 1. The molecule has 0 aliphatic heterocycles. The van der Waals surface area contributed by atoms with Gasteiger partial charge in [0.2, 0.25) is 9.84 Å².